The highest BCUT2D eigenvalue weighted by molar-refractivity contribution is 5.76. The molecule has 1 aliphatic heterocycles. The zero-order chi connectivity index (χ0) is 19.5. The number of ether oxygens (including phenoxy) is 1. The molecule has 1 amide bonds. The van der Waals surface area contributed by atoms with E-state index in [0.29, 0.717) is 12.5 Å². The number of benzene rings is 2. The molecular weight excluding hydrogens is 348 g/mol. The summed E-state index contributed by atoms with van der Waals surface area (Å²) >= 11 is 0. The van der Waals surface area contributed by atoms with Gasteiger partial charge in [-0.15, -0.1) is 0 Å². The number of amides is 1. The van der Waals surface area contributed by atoms with Crippen molar-refractivity contribution in [3.05, 3.63) is 70.8 Å². The van der Waals surface area contributed by atoms with Crippen LogP contribution in [-0.4, -0.2) is 37.0 Å². The molecule has 0 saturated carbocycles. The first-order valence-electron chi connectivity index (χ1n) is 10.4. The SMILES string of the molecule is CC1Cc2ccccc2C(OCCN2CCCC(C(N)=O)C2)c2ccccc21. The van der Waals surface area contributed by atoms with Crippen LogP contribution < -0.4 is 5.73 Å². The monoisotopic (exact) mass is 378 g/mol. The Morgan fingerprint density at radius 2 is 1.82 bits per heavy atom. The summed E-state index contributed by atoms with van der Waals surface area (Å²) in [5.74, 6) is 0.282. The first-order valence-corrected chi connectivity index (χ1v) is 10.4. The third-order valence-corrected chi connectivity index (χ3v) is 6.27. The second-order valence-electron chi connectivity index (χ2n) is 8.23. The van der Waals surface area contributed by atoms with Crippen LogP contribution in [0.5, 0.6) is 0 Å². The molecule has 1 saturated heterocycles. The van der Waals surface area contributed by atoms with Crippen LogP contribution >= 0.6 is 0 Å². The van der Waals surface area contributed by atoms with E-state index in [1.54, 1.807) is 0 Å². The van der Waals surface area contributed by atoms with Gasteiger partial charge in [-0.1, -0.05) is 55.5 Å². The second-order valence-corrected chi connectivity index (χ2v) is 8.23. The van der Waals surface area contributed by atoms with Gasteiger partial charge in [0, 0.05) is 13.1 Å². The summed E-state index contributed by atoms with van der Waals surface area (Å²) in [6.07, 6.45) is 2.95. The lowest BCUT2D eigenvalue weighted by molar-refractivity contribution is -0.123. The molecular formula is C24H30N2O2. The number of hydrogen-bond donors (Lipinski definition) is 1. The minimum Gasteiger partial charge on any atom is -0.369 e. The molecule has 2 aromatic carbocycles. The lowest BCUT2D eigenvalue weighted by atomic mass is 9.93. The van der Waals surface area contributed by atoms with Gasteiger partial charge < -0.3 is 15.4 Å². The van der Waals surface area contributed by atoms with Gasteiger partial charge in [0.15, 0.2) is 0 Å². The van der Waals surface area contributed by atoms with Crippen LogP contribution in [0.3, 0.4) is 0 Å². The standard InChI is InChI=1S/C24H30N2O2/c1-17-15-18-7-2-3-10-21(18)23(22-11-5-4-9-20(17)22)28-14-13-26-12-6-8-19(16-26)24(25)27/h2-5,7,9-11,17,19,23H,6,8,12-16H2,1H3,(H2,25,27). The van der Waals surface area contributed by atoms with Crippen LogP contribution in [-0.2, 0) is 16.0 Å². The fourth-order valence-corrected chi connectivity index (χ4v) is 4.75. The van der Waals surface area contributed by atoms with Gasteiger partial charge in [0.05, 0.1) is 12.5 Å². The van der Waals surface area contributed by atoms with Gasteiger partial charge in [-0.05, 0) is 54.0 Å². The summed E-state index contributed by atoms with van der Waals surface area (Å²) in [6, 6.07) is 17.4. The maximum Gasteiger partial charge on any atom is 0.221 e. The fraction of sp³-hybridized carbons (Fsp3) is 0.458. The zero-order valence-electron chi connectivity index (χ0n) is 16.6. The van der Waals surface area contributed by atoms with Crippen molar-refractivity contribution in [2.75, 3.05) is 26.2 Å². The van der Waals surface area contributed by atoms with Crippen LogP contribution in [0.25, 0.3) is 0 Å². The van der Waals surface area contributed by atoms with Crippen LogP contribution in [0.2, 0.25) is 0 Å². The molecule has 4 rings (SSSR count). The van der Waals surface area contributed by atoms with Crippen molar-refractivity contribution in [3.8, 4) is 0 Å². The van der Waals surface area contributed by atoms with Crippen molar-refractivity contribution in [1.82, 2.24) is 4.90 Å². The molecule has 0 radical (unpaired) electrons. The van der Waals surface area contributed by atoms with Crippen molar-refractivity contribution in [2.45, 2.75) is 38.2 Å². The van der Waals surface area contributed by atoms with Crippen LogP contribution in [0.1, 0.15) is 54.0 Å². The number of nitrogens with zero attached hydrogens (tertiary/aromatic N) is 1. The molecule has 1 aliphatic carbocycles. The van der Waals surface area contributed by atoms with Crippen LogP contribution in [0.15, 0.2) is 48.5 Å². The molecule has 1 heterocycles. The molecule has 1 fully saturated rings. The van der Waals surface area contributed by atoms with Crippen LogP contribution in [0, 0.1) is 5.92 Å². The average molecular weight is 379 g/mol. The van der Waals surface area contributed by atoms with E-state index < -0.39 is 0 Å². The summed E-state index contributed by atoms with van der Waals surface area (Å²) in [5.41, 5.74) is 10.8. The summed E-state index contributed by atoms with van der Waals surface area (Å²) in [6.45, 7) is 5.55. The van der Waals surface area contributed by atoms with E-state index in [1.165, 1.54) is 22.3 Å². The summed E-state index contributed by atoms with van der Waals surface area (Å²) in [5, 5.41) is 0. The molecule has 0 bridgehead atoms. The van der Waals surface area contributed by atoms with Crippen molar-refractivity contribution >= 4 is 5.91 Å². The number of carbonyl (C=O) groups is 1. The minimum atomic E-state index is -0.175. The number of piperidine rings is 1. The minimum absolute atomic E-state index is 0.0195. The van der Waals surface area contributed by atoms with Gasteiger partial charge in [0.1, 0.15) is 6.10 Å². The zero-order valence-corrected chi connectivity index (χ0v) is 16.6. The van der Waals surface area contributed by atoms with Gasteiger partial charge in [-0.3, -0.25) is 4.79 Å². The number of likely N-dealkylation sites (tertiary alicyclic amines) is 1. The third-order valence-electron chi connectivity index (χ3n) is 6.27. The molecule has 4 nitrogen and oxygen atoms in total. The molecule has 28 heavy (non-hydrogen) atoms. The van der Waals surface area contributed by atoms with E-state index in [2.05, 4.69) is 60.4 Å². The van der Waals surface area contributed by atoms with Gasteiger partial charge >= 0.3 is 0 Å². The Hall–Kier alpha value is -2.17. The Morgan fingerprint density at radius 3 is 2.61 bits per heavy atom. The average Bonchev–Trinajstić information content (AvgIpc) is 2.83. The van der Waals surface area contributed by atoms with Crippen molar-refractivity contribution in [2.24, 2.45) is 11.7 Å². The number of hydrogen-bond acceptors (Lipinski definition) is 3. The number of nitrogens with two attached hydrogens (primary N) is 1. The van der Waals surface area contributed by atoms with Gasteiger partial charge in [0.2, 0.25) is 5.91 Å². The molecule has 148 valence electrons. The highest BCUT2D eigenvalue weighted by Crippen LogP contribution is 2.39. The van der Waals surface area contributed by atoms with Gasteiger partial charge in [-0.2, -0.15) is 0 Å². The Morgan fingerprint density at radius 1 is 1.11 bits per heavy atom. The predicted octanol–water partition coefficient (Wildman–Crippen LogP) is 3.65. The smallest absolute Gasteiger partial charge is 0.221 e. The highest BCUT2D eigenvalue weighted by Gasteiger charge is 2.28. The quantitative estimate of drug-likeness (QED) is 0.864. The molecule has 0 spiro atoms. The van der Waals surface area contributed by atoms with Gasteiger partial charge in [0.25, 0.3) is 0 Å². The van der Waals surface area contributed by atoms with Crippen molar-refractivity contribution < 1.29 is 9.53 Å². The largest absolute Gasteiger partial charge is 0.369 e. The highest BCUT2D eigenvalue weighted by atomic mass is 16.5. The number of primary amides is 1. The van der Waals surface area contributed by atoms with E-state index in [1.807, 2.05) is 0 Å². The Labute approximate surface area is 167 Å². The van der Waals surface area contributed by atoms with Crippen molar-refractivity contribution in [3.63, 3.8) is 0 Å². The summed E-state index contributed by atoms with van der Waals surface area (Å²) in [4.78, 5) is 13.8. The maximum absolute atomic E-state index is 11.5. The first kappa shape index (κ1) is 19.2. The maximum atomic E-state index is 11.5. The Kier molecular flexibility index (Phi) is 5.79. The lowest BCUT2D eigenvalue weighted by Crippen LogP contribution is -2.42. The molecule has 2 N–H and O–H groups in total. The van der Waals surface area contributed by atoms with E-state index in [9.17, 15) is 4.79 Å². The topological polar surface area (TPSA) is 55.6 Å². The first-order chi connectivity index (χ1) is 13.6. The molecule has 3 atom stereocenters. The van der Waals surface area contributed by atoms with E-state index in [0.717, 1.165) is 38.9 Å². The molecule has 4 heteroatoms. The Bertz CT molecular complexity index is 835. The normalized spacial score (nSPS) is 24.8. The van der Waals surface area contributed by atoms with Crippen LogP contribution in [0.4, 0.5) is 0 Å². The number of carbonyl (C=O) groups excluding carboxylic acids is 1. The van der Waals surface area contributed by atoms with Crippen molar-refractivity contribution in [1.29, 1.82) is 0 Å². The van der Waals surface area contributed by atoms with E-state index in [4.69, 9.17) is 10.5 Å². The molecule has 3 unspecified atom stereocenters. The third kappa shape index (κ3) is 3.98. The predicted molar refractivity (Wildman–Crippen MR) is 111 cm³/mol. The lowest BCUT2D eigenvalue weighted by Gasteiger charge is -2.31. The summed E-state index contributed by atoms with van der Waals surface area (Å²) in [7, 11) is 0. The second kappa shape index (κ2) is 8.46. The Balaban J connectivity index is 1.51. The number of rotatable bonds is 5. The van der Waals surface area contributed by atoms with E-state index in [-0.39, 0.29) is 17.9 Å². The molecule has 0 aromatic heterocycles. The summed E-state index contributed by atoms with van der Waals surface area (Å²) < 4.78 is 6.50. The van der Waals surface area contributed by atoms with E-state index >= 15 is 0 Å². The molecule has 2 aliphatic rings. The fourth-order valence-electron chi connectivity index (χ4n) is 4.75. The number of fused-ring (bicyclic) bond motifs is 2. The molecule has 2 aromatic rings. The van der Waals surface area contributed by atoms with Gasteiger partial charge in [-0.25, -0.2) is 0 Å².